The standard InChI is InChI=1S/C30H28N2O2/c1-3-34-28-16-10-8-14-26(28)29-31(21-23-11-5-4-6-12-23)27-15-9-7-13-25(27)30(33)32(29)24-19-17-22(2)18-20-24/h4-20,29H,3,21H2,1-2H3/t29-/m0/s1. The van der Waals surface area contributed by atoms with Crippen LogP contribution >= 0.6 is 0 Å². The number of carbonyl (C=O) groups is 1. The Balaban J connectivity index is 1.75. The van der Waals surface area contributed by atoms with Gasteiger partial charge in [0.25, 0.3) is 5.91 Å². The van der Waals surface area contributed by atoms with E-state index in [2.05, 4.69) is 54.3 Å². The predicted molar refractivity (Wildman–Crippen MR) is 137 cm³/mol. The summed E-state index contributed by atoms with van der Waals surface area (Å²) in [4.78, 5) is 18.2. The summed E-state index contributed by atoms with van der Waals surface area (Å²) < 4.78 is 6.05. The molecule has 34 heavy (non-hydrogen) atoms. The molecule has 1 aliphatic rings. The molecule has 1 atom stereocenters. The van der Waals surface area contributed by atoms with Crippen LogP contribution in [0.2, 0.25) is 0 Å². The van der Waals surface area contributed by atoms with Crippen LogP contribution in [0.15, 0.2) is 103 Å². The zero-order valence-electron chi connectivity index (χ0n) is 19.5. The van der Waals surface area contributed by atoms with Crippen LogP contribution in [0.25, 0.3) is 0 Å². The number of ether oxygens (including phenoxy) is 1. The highest BCUT2D eigenvalue weighted by atomic mass is 16.5. The third-order valence-electron chi connectivity index (χ3n) is 6.21. The van der Waals surface area contributed by atoms with Crippen molar-refractivity contribution in [2.45, 2.75) is 26.6 Å². The average Bonchev–Trinajstić information content (AvgIpc) is 2.88. The van der Waals surface area contributed by atoms with Crippen LogP contribution in [0.3, 0.4) is 0 Å². The molecule has 0 radical (unpaired) electrons. The van der Waals surface area contributed by atoms with Gasteiger partial charge in [-0.15, -0.1) is 0 Å². The number of rotatable bonds is 6. The molecular weight excluding hydrogens is 420 g/mol. The van der Waals surface area contributed by atoms with E-state index in [9.17, 15) is 4.79 Å². The number of carbonyl (C=O) groups excluding carboxylic acids is 1. The van der Waals surface area contributed by atoms with Gasteiger partial charge >= 0.3 is 0 Å². The minimum atomic E-state index is -0.368. The maximum atomic E-state index is 14.0. The lowest BCUT2D eigenvalue weighted by molar-refractivity contribution is 0.0967. The van der Waals surface area contributed by atoms with Crippen molar-refractivity contribution < 1.29 is 9.53 Å². The zero-order valence-corrected chi connectivity index (χ0v) is 19.5. The minimum Gasteiger partial charge on any atom is -0.493 e. The monoisotopic (exact) mass is 448 g/mol. The molecule has 4 heteroatoms. The lowest BCUT2D eigenvalue weighted by atomic mass is 9.98. The molecule has 0 unspecified atom stereocenters. The van der Waals surface area contributed by atoms with Crippen molar-refractivity contribution >= 4 is 17.3 Å². The number of aryl methyl sites for hydroxylation is 1. The first-order valence-corrected chi connectivity index (χ1v) is 11.7. The molecule has 0 spiro atoms. The molecule has 5 rings (SSSR count). The summed E-state index contributed by atoms with van der Waals surface area (Å²) in [7, 11) is 0. The van der Waals surface area contributed by atoms with Crippen LogP contribution in [0.5, 0.6) is 5.75 Å². The molecule has 170 valence electrons. The van der Waals surface area contributed by atoms with E-state index >= 15 is 0 Å². The highest BCUT2D eigenvalue weighted by Gasteiger charge is 2.40. The van der Waals surface area contributed by atoms with Crippen molar-refractivity contribution in [3.05, 3.63) is 125 Å². The van der Waals surface area contributed by atoms with Crippen LogP contribution in [0.4, 0.5) is 11.4 Å². The molecule has 0 saturated carbocycles. The van der Waals surface area contributed by atoms with Gasteiger partial charge in [-0.25, -0.2) is 0 Å². The van der Waals surface area contributed by atoms with Crippen LogP contribution < -0.4 is 14.5 Å². The van der Waals surface area contributed by atoms with Gasteiger partial charge in [0.15, 0.2) is 0 Å². The number of benzene rings is 4. The Morgan fingerprint density at radius 2 is 1.47 bits per heavy atom. The molecule has 0 bridgehead atoms. The molecule has 0 aromatic heterocycles. The molecule has 4 nitrogen and oxygen atoms in total. The summed E-state index contributed by atoms with van der Waals surface area (Å²) >= 11 is 0. The number of nitrogens with zero attached hydrogens (tertiary/aromatic N) is 2. The number of hydrogen-bond acceptors (Lipinski definition) is 3. The van der Waals surface area contributed by atoms with Gasteiger partial charge in [-0.1, -0.05) is 78.4 Å². The molecule has 0 saturated heterocycles. The molecule has 0 N–H and O–H groups in total. The zero-order chi connectivity index (χ0) is 23.5. The molecule has 4 aromatic carbocycles. The number of amides is 1. The van der Waals surface area contributed by atoms with Crippen LogP contribution in [0.1, 0.15) is 40.1 Å². The normalized spacial score (nSPS) is 15.2. The van der Waals surface area contributed by atoms with Gasteiger partial charge in [0.1, 0.15) is 11.9 Å². The third-order valence-corrected chi connectivity index (χ3v) is 6.21. The molecule has 4 aromatic rings. The van der Waals surface area contributed by atoms with Gasteiger partial charge in [0.2, 0.25) is 0 Å². The first kappa shape index (κ1) is 21.8. The van der Waals surface area contributed by atoms with Crippen LogP contribution in [0, 0.1) is 6.92 Å². The Hall–Kier alpha value is -4.05. The van der Waals surface area contributed by atoms with Crippen molar-refractivity contribution in [3.63, 3.8) is 0 Å². The summed E-state index contributed by atoms with van der Waals surface area (Å²) in [5.41, 5.74) is 5.78. The van der Waals surface area contributed by atoms with E-state index in [0.717, 1.165) is 28.3 Å². The molecular formula is C30H28N2O2. The van der Waals surface area contributed by atoms with Crippen molar-refractivity contribution in [2.24, 2.45) is 0 Å². The summed E-state index contributed by atoms with van der Waals surface area (Å²) in [6, 6.07) is 34.5. The Morgan fingerprint density at radius 1 is 0.794 bits per heavy atom. The summed E-state index contributed by atoms with van der Waals surface area (Å²) in [6.45, 7) is 5.24. The fourth-order valence-corrected chi connectivity index (χ4v) is 4.62. The molecule has 0 fully saturated rings. The van der Waals surface area contributed by atoms with E-state index < -0.39 is 0 Å². The predicted octanol–water partition coefficient (Wildman–Crippen LogP) is 6.76. The smallest absolute Gasteiger partial charge is 0.262 e. The SMILES string of the molecule is CCOc1ccccc1[C@H]1N(Cc2ccccc2)c2ccccc2C(=O)N1c1ccc(C)cc1. The quantitative estimate of drug-likeness (QED) is 0.327. The van der Waals surface area contributed by atoms with Crippen molar-refractivity contribution in [1.29, 1.82) is 0 Å². The Morgan fingerprint density at radius 3 is 2.24 bits per heavy atom. The average molecular weight is 449 g/mol. The Kier molecular flexibility index (Phi) is 6.05. The second-order valence-corrected chi connectivity index (χ2v) is 8.49. The molecule has 0 aliphatic carbocycles. The minimum absolute atomic E-state index is 0.0138. The molecule has 1 heterocycles. The molecule has 1 aliphatic heterocycles. The third kappa shape index (κ3) is 4.03. The van der Waals surface area contributed by atoms with Crippen molar-refractivity contribution in [1.82, 2.24) is 0 Å². The maximum absolute atomic E-state index is 14.0. The number of anilines is 2. The van der Waals surface area contributed by atoms with Crippen LogP contribution in [-0.4, -0.2) is 12.5 Å². The van der Waals surface area contributed by atoms with Crippen molar-refractivity contribution in [2.75, 3.05) is 16.4 Å². The van der Waals surface area contributed by atoms with Gasteiger partial charge < -0.3 is 9.64 Å². The van der Waals surface area contributed by atoms with Gasteiger partial charge in [0, 0.05) is 17.8 Å². The highest BCUT2D eigenvalue weighted by molar-refractivity contribution is 6.12. The maximum Gasteiger partial charge on any atom is 0.262 e. The molecule has 1 amide bonds. The van der Waals surface area contributed by atoms with Crippen molar-refractivity contribution in [3.8, 4) is 5.75 Å². The fourth-order valence-electron chi connectivity index (χ4n) is 4.62. The second-order valence-electron chi connectivity index (χ2n) is 8.49. The summed E-state index contributed by atoms with van der Waals surface area (Å²) in [5, 5.41) is 0. The Bertz CT molecular complexity index is 1280. The van der Waals surface area contributed by atoms with E-state index in [0.29, 0.717) is 18.7 Å². The topological polar surface area (TPSA) is 32.8 Å². The number of fused-ring (bicyclic) bond motifs is 1. The van der Waals surface area contributed by atoms with E-state index in [-0.39, 0.29) is 12.1 Å². The summed E-state index contributed by atoms with van der Waals surface area (Å²) in [6.07, 6.45) is -0.368. The number of hydrogen-bond donors (Lipinski definition) is 0. The highest BCUT2D eigenvalue weighted by Crippen LogP contribution is 2.44. The van der Waals surface area contributed by atoms with Crippen LogP contribution in [-0.2, 0) is 6.54 Å². The Labute approximate surface area is 201 Å². The van der Waals surface area contributed by atoms with E-state index in [1.54, 1.807) is 0 Å². The van der Waals surface area contributed by atoms with Gasteiger partial charge in [-0.05, 0) is 49.7 Å². The van der Waals surface area contributed by atoms with Gasteiger partial charge in [-0.3, -0.25) is 9.69 Å². The second kappa shape index (κ2) is 9.44. The van der Waals surface area contributed by atoms with Gasteiger partial charge in [-0.2, -0.15) is 0 Å². The lowest BCUT2D eigenvalue weighted by Gasteiger charge is -2.46. The largest absolute Gasteiger partial charge is 0.493 e. The lowest BCUT2D eigenvalue weighted by Crippen LogP contribution is -2.49. The first-order valence-electron chi connectivity index (χ1n) is 11.7. The van der Waals surface area contributed by atoms with Gasteiger partial charge in [0.05, 0.1) is 17.9 Å². The summed E-state index contributed by atoms with van der Waals surface area (Å²) in [5.74, 6) is 0.775. The first-order chi connectivity index (χ1) is 16.7. The van der Waals surface area contributed by atoms with E-state index in [4.69, 9.17) is 4.74 Å². The fraction of sp³-hybridized carbons (Fsp3) is 0.167. The van der Waals surface area contributed by atoms with E-state index in [1.807, 2.05) is 72.5 Å². The van der Waals surface area contributed by atoms with E-state index in [1.165, 1.54) is 5.56 Å². The number of para-hydroxylation sites is 2.